The molecule has 0 aromatic carbocycles. The fraction of sp³-hybridized carbons (Fsp3) is 0.846. The fourth-order valence-electron chi connectivity index (χ4n) is 2.10. The van der Waals surface area contributed by atoms with Crippen molar-refractivity contribution in [2.24, 2.45) is 5.92 Å². The van der Waals surface area contributed by atoms with Gasteiger partial charge in [-0.1, -0.05) is 13.8 Å². The first-order chi connectivity index (χ1) is 8.65. The summed E-state index contributed by atoms with van der Waals surface area (Å²) in [5.41, 5.74) is -0.610. The number of hydrogen-bond acceptors (Lipinski definition) is 4. The van der Waals surface area contributed by atoms with Gasteiger partial charge in [0, 0.05) is 6.54 Å². The van der Waals surface area contributed by atoms with Gasteiger partial charge in [-0.25, -0.2) is 4.79 Å². The van der Waals surface area contributed by atoms with Crippen LogP contribution in [0.25, 0.3) is 0 Å². The number of nitrogens with zero attached hydrogens (tertiary/aromatic N) is 1. The molecule has 0 radical (unpaired) electrons. The lowest BCUT2D eigenvalue weighted by molar-refractivity contribution is -0.133. The van der Waals surface area contributed by atoms with Gasteiger partial charge in [0.15, 0.2) is 0 Å². The van der Waals surface area contributed by atoms with E-state index in [0.717, 1.165) is 0 Å². The van der Waals surface area contributed by atoms with Crippen molar-refractivity contribution in [1.82, 2.24) is 10.2 Å². The van der Waals surface area contributed by atoms with Crippen molar-refractivity contribution in [1.29, 1.82) is 0 Å². The summed E-state index contributed by atoms with van der Waals surface area (Å²) in [5, 5.41) is 11.9. The Bertz CT molecular complexity index is 349. The highest BCUT2D eigenvalue weighted by Crippen LogP contribution is 2.20. The molecule has 6 heteroatoms. The van der Waals surface area contributed by atoms with Gasteiger partial charge in [0.05, 0.1) is 12.6 Å². The highest BCUT2D eigenvalue weighted by atomic mass is 16.6. The molecule has 2 amide bonds. The summed E-state index contributed by atoms with van der Waals surface area (Å²) in [6.07, 6.45) is -0.514. The van der Waals surface area contributed by atoms with Crippen LogP contribution in [0.15, 0.2) is 0 Å². The second-order valence-electron chi connectivity index (χ2n) is 6.21. The maximum Gasteiger partial charge on any atom is 0.411 e. The molecule has 1 fully saturated rings. The number of hydrogen-bond donors (Lipinski definition) is 2. The van der Waals surface area contributed by atoms with E-state index in [4.69, 9.17) is 4.74 Å². The second-order valence-corrected chi connectivity index (χ2v) is 6.21. The van der Waals surface area contributed by atoms with E-state index >= 15 is 0 Å². The standard InChI is InChI=1S/C13H24N2O4/c1-8(2)10-11(17)14-9(7-16)6-15(10)12(18)19-13(3,4)5/h8-10,16H,6-7H2,1-5H3,(H,14,17)/t9-,10-/m0/s1. The molecule has 0 aromatic heterocycles. The van der Waals surface area contributed by atoms with E-state index in [1.165, 1.54) is 4.90 Å². The van der Waals surface area contributed by atoms with Gasteiger partial charge < -0.3 is 15.2 Å². The van der Waals surface area contributed by atoms with Crippen LogP contribution in [0.3, 0.4) is 0 Å². The maximum absolute atomic E-state index is 12.2. The predicted molar refractivity (Wildman–Crippen MR) is 70.6 cm³/mol. The largest absolute Gasteiger partial charge is 0.444 e. The first kappa shape index (κ1) is 15.8. The smallest absolute Gasteiger partial charge is 0.411 e. The third kappa shape index (κ3) is 4.09. The Labute approximate surface area is 114 Å². The number of carbonyl (C=O) groups is 2. The lowest BCUT2D eigenvalue weighted by Gasteiger charge is -2.41. The molecule has 1 aliphatic rings. The Kier molecular flexibility index (Phi) is 4.79. The molecule has 0 aliphatic carbocycles. The highest BCUT2D eigenvalue weighted by Gasteiger charge is 2.40. The number of carbonyl (C=O) groups excluding carboxylic acids is 2. The SMILES string of the molecule is CC(C)[C@H]1C(=O)N[C@H](CO)CN1C(=O)OC(C)(C)C. The first-order valence-electron chi connectivity index (χ1n) is 6.56. The lowest BCUT2D eigenvalue weighted by atomic mass is 9.98. The van der Waals surface area contributed by atoms with Crippen LogP contribution in [0.2, 0.25) is 0 Å². The number of aliphatic hydroxyl groups is 1. The van der Waals surface area contributed by atoms with Crippen LogP contribution in [0.1, 0.15) is 34.6 Å². The molecular formula is C13H24N2O4. The Balaban J connectivity index is 2.90. The molecule has 0 unspecified atom stereocenters. The zero-order valence-electron chi connectivity index (χ0n) is 12.3. The zero-order valence-corrected chi connectivity index (χ0v) is 12.3. The van der Waals surface area contributed by atoms with Crippen LogP contribution in [0.4, 0.5) is 4.79 Å². The Morgan fingerprint density at radius 2 is 2.11 bits per heavy atom. The van der Waals surface area contributed by atoms with Gasteiger partial charge in [0.2, 0.25) is 5.91 Å². The number of aliphatic hydroxyl groups excluding tert-OH is 1. The number of ether oxygens (including phenoxy) is 1. The normalized spacial score (nSPS) is 24.4. The fourth-order valence-corrected chi connectivity index (χ4v) is 2.10. The Morgan fingerprint density at radius 3 is 2.53 bits per heavy atom. The molecule has 0 saturated carbocycles. The maximum atomic E-state index is 12.2. The van der Waals surface area contributed by atoms with E-state index in [0.29, 0.717) is 0 Å². The minimum atomic E-state index is -0.610. The van der Waals surface area contributed by atoms with E-state index in [1.54, 1.807) is 20.8 Å². The van der Waals surface area contributed by atoms with Crippen LogP contribution < -0.4 is 5.32 Å². The molecule has 1 saturated heterocycles. The summed E-state index contributed by atoms with van der Waals surface area (Å²) in [4.78, 5) is 25.6. The first-order valence-corrected chi connectivity index (χ1v) is 6.56. The van der Waals surface area contributed by atoms with Crippen molar-refractivity contribution in [2.75, 3.05) is 13.2 Å². The van der Waals surface area contributed by atoms with Crippen LogP contribution in [0, 0.1) is 5.92 Å². The van der Waals surface area contributed by atoms with Crippen LogP contribution in [-0.4, -0.2) is 52.8 Å². The molecule has 0 bridgehead atoms. The summed E-state index contributed by atoms with van der Waals surface area (Å²) in [5.74, 6) is -0.265. The molecule has 1 aliphatic heterocycles. The topological polar surface area (TPSA) is 78.9 Å². The molecular weight excluding hydrogens is 248 g/mol. The highest BCUT2D eigenvalue weighted by molar-refractivity contribution is 5.87. The van der Waals surface area contributed by atoms with E-state index < -0.39 is 23.8 Å². The Hall–Kier alpha value is -1.30. The second kappa shape index (κ2) is 5.77. The van der Waals surface area contributed by atoms with E-state index in [1.807, 2.05) is 13.8 Å². The van der Waals surface area contributed by atoms with Gasteiger partial charge in [-0.3, -0.25) is 9.69 Å². The van der Waals surface area contributed by atoms with E-state index in [-0.39, 0.29) is 25.0 Å². The summed E-state index contributed by atoms with van der Waals surface area (Å²) < 4.78 is 5.32. The van der Waals surface area contributed by atoms with Gasteiger partial charge >= 0.3 is 6.09 Å². The summed E-state index contributed by atoms with van der Waals surface area (Å²) in [6.45, 7) is 9.16. The Morgan fingerprint density at radius 1 is 1.53 bits per heavy atom. The van der Waals surface area contributed by atoms with Crippen LogP contribution in [-0.2, 0) is 9.53 Å². The molecule has 1 heterocycles. The molecule has 0 aromatic rings. The molecule has 6 nitrogen and oxygen atoms in total. The van der Waals surface area contributed by atoms with Crippen molar-refractivity contribution in [2.45, 2.75) is 52.3 Å². The van der Waals surface area contributed by atoms with Gasteiger partial charge in [-0.05, 0) is 26.7 Å². The van der Waals surface area contributed by atoms with Crippen molar-refractivity contribution in [3.8, 4) is 0 Å². The lowest BCUT2D eigenvalue weighted by Crippen LogP contribution is -2.64. The number of piperazine rings is 1. The third-order valence-electron chi connectivity index (χ3n) is 2.85. The van der Waals surface area contributed by atoms with Gasteiger partial charge in [0.1, 0.15) is 11.6 Å². The predicted octanol–water partition coefficient (Wildman–Crippen LogP) is 0.739. The molecule has 1 rings (SSSR count). The van der Waals surface area contributed by atoms with Crippen LogP contribution >= 0.6 is 0 Å². The zero-order chi connectivity index (χ0) is 14.8. The van der Waals surface area contributed by atoms with Crippen molar-refractivity contribution < 1.29 is 19.4 Å². The van der Waals surface area contributed by atoms with Crippen molar-refractivity contribution >= 4 is 12.0 Å². The van der Waals surface area contributed by atoms with Gasteiger partial charge in [0.25, 0.3) is 0 Å². The molecule has 19 heavy (non-hydrogen) atoms. The summed E-state index contributed by atoms with van der Waals surface area (Å²) >= 11 is 0. The molecule has 110 valence electrons. The van der Waals surface area contributed by atoms with Crippen LogP contribution in [0.5, 0.6) is 0 Å². The quantitative estimate of drug-likeness (QED) is 0.777. The van der Waals surface area contributed by atoms with E-state index in [2.05, 4.69) is 5.32 Å². The number of amides is 2. The van der Waals surface area contributed by atoms with Crippen molar-refractivity contribution in [3.05, 3.63) is 0 Å². The summed E-state index contributed by atoms with van der Waals surface area (Å²) in [7, 11) is 0. The minimum absolute atomic E-state index is 0.0211. The number of nitrogens with one attached hydrogen (secondary N) is 1. The number of rotatable bonds is 2. The van der Waals surface area contributed by atoms with Gasteiger partial charge in [-0.15, -0.1) is 0 Å². The molecule has 2 N–H and O–H groups in total. The third-order valence-corrected chi connectivity index (χ3v) is 2.85. The molecule has 2 atom stereocenters. The monoisotopic (exact) mass is 272 g/mol. The minimum Gasteiger partial charge on any atom is -0.444 e. The van der Waals surface area contributed by atoms with Gasteiger partial charge in [-0.2, -0.15) is 0 Å². The average Bonchev–Trinajstić information content (AvgIpc) is 2.24. The van der Waals surface area contributed by atoms with E-state index in [9.17, 15) is 14.7 Å². The molecule has 0 spiro atoms. The average molecular weight is 272 g/mol. The summed E-state index contributed by atoms with van der Waals surface area (Å²) in [6, 6.07) is -0.993. The van der Waals surface area contributed by atoms with Crippen molar-refractivity contribution in [3.63, 3.8) is 0 Å².